The van der Waals surface area contributed by atoms with Gasteiger partial charge in [-0.1, -0.05) is 23.5 Å². The van der Waals surface area contributed by atoms with Crippen LogP contribution in [0.15, 0.2) is 30.5 Å². The van der Waals surface area contributed by atoms with Gasteiger partial charge in [0.15, 0.2) is 0 Å². The predicted molar refractivity (Wildman–Crippen MR) is 95.1 cm³/mol. The molecular formula is C17H18N6S. The van der Waals surface area contributed by atoms with E-state index in [4.69, 9.17) is 5.26 Å². The van der Waals surface area contributed by atoms with Gasteiger partial charge in [0, 0.05) is 12.1 Å². The molecule has 0 amide bonds. The second-order valence-corrected chi connectivity index (χ2v) is 6.98. The van der Waals surface area contributed by atoms with Crippen LogP contribution in [-0.2, 0) is 0 Å². The van der Waals surface area contributed by atoms with E-state index in [9.17, 15) is 0 Å². The highest BCUT2D eigenvalue weighted by Gasteiger charge is 2.14. The summed E-state index contributed by atoms with van der Waals surface area (Å²) in [6.45, 7) is 3.19. The van der Waals surface area contributed by atoms with Crippen molar-refractivity contribution in [3.05, 3.63) is 36.0 Å². The van der Waals surface area contributed by atoms with Crippen LogP contribution in [0.4, 0.5) is 5.13 Å². The highest BCUT2D eigenvalue weighted by atomic mass is 32.1. The molecule has 0 radical (unpaired) electrons. The van der Waals surface area contributed by atoms with Crippen molar-refractivity contribution in [2.75, 3.05) is 25.0 Å². The lowest BCUT2D eigenvalue weighted by molar-refractivity contribution is 0.390. The topological polar surface area (TPSA) is 78.0 Å². The molecule has 1 saturated heterocycles. The fourth-order valence-corrected chi connectivity index (χ4v) is 3.76. The zero-order valence-electron chi connectivity index (χ0n) is 13.2. The molecule has 3 heterocycles. The molecule has 122 valence electrons. The summed E-state index contributed by atoms with van der Waals surface area (Å²) in [4.78, 5) is 5.49. The van der Waals surface area contributed by atoms with Crippen LogP contribution in [0.2, 0.25) is 0 Å². The lowest BCUT2D eigenvalue weighted by atomic mass is 9.98. The molecule has 1 aromatic carbocycles. The van der Waals surface area contributed by atoms with Crippen molar-refractivity contribution in [3.63, 3.8) is 0 Å². The van der Waals surface area contributed by atoms with E-state index in [1.165, 1.54) is 12.8 Å². The first-order chi connectivity index (χ1) is 11.8. The summed E-state index contributed by atoms with van der Waals surface area (Å²) in [5.74, 6) is 0.715. The van der Waals surface area contributed by atoms with Crippen LogP contribution in [0.25, 0.3) is 16.2 Å². The summed E-state index contributed by atoms with van der Waals surface area (Å²) in [7, 11) is 0. The molecule has 2 N–H and O–H groups in total. The fraction of sp³-hybridized carbons (Fsp3) is 0.353. The molecule has 1 aliphatic rings. The largest absolute Gasteiger partial charge is 0.360 e. The van der Waals surface area contributed by atoms with Crippen molar-refractivity contribution < 1.29 is 0 Å². The number of anilines is 1. The second kappa shape index (κ2) is 6.59. The molecule has 6 nitrogen and oxygen atoms in total. The second-order valence-electron chi connectivity index (χ2n) is 6.03. The first-order valence-electron chi connectivity index (χ1n) is 8.13. The molecule has 24 heavy (non-hydrogen) atoms. The monoisotopic (exact) mass is 338 g/mol. The summed E-state index contributed by atoms with van der Waals surface area (Å²) in [6, 6.07) is 9.64. The number of nitrogens with one attached hydrogen (secondary N) is 2. The maximum atomic E-state index is 9.01. The van der Waals surface area contributed by atoms with E-state index >= 15 is 0 Å². The van der Waals surface area contributed by atoms with Gasteiger partial charge in [0.25, 0.3) is 0 Å². The average Bonchev–Trinajstić information content (AvgIpc) is 3.19. The van der Waals surface area contributed by atoms with Crippen LogP contribution in [0, 0.1) is 17.2 Å². The van der Waals surface area contributed by atoms with Crippen LogP contribution in [-0.4, -0.2) is 34.2 Å². The molecule has 0 spiro atoms. The van der Waals surface area contributed by atoms with Crippen molar-refractivity contribution in [1.82, 2.24) is 19.9 Å². The first-order valence-corrected chi connectivity index (χ1v) is 8.95. The molecule has 7 heteroatoms. The minimum atomic E-state index is 0.640. The van der Waals surface area contributed by atoms with Crippen molar-refractivity contribution in [2.24, 2.45) is 5.92 Å². The highest BCUT2D eigenvalue weighted by molar-refractivity contribution is 7.20. The number of nitrogens with zero attached hydrogens (tertiary/aromatic N) is 4. The number of fused-ring (bicyclic) bond motifs is 1. The molecule has 1 aliphatic heterocycles. The summed E-state index contributed by atoms with van der Waals surface area (Å²) in [6.07, 6.45) is 4.35. The number of imidazole rings is 1. The SMILES string of the molecule is N#Cc1cccc(-c2cn3nc(NCC4CCNCC4)sc3n2)c1. The maximum Gasteiger partial charge on any atom is 0.214 e. The highest BCUT2D eigenvalue weighted by Crippen LogP contribution is 2.25. The van der Waals surface area contributed by atoms with E-state index in [1.807, 2.05) is 28.9 Å². The van der Waals surface area contributed by atoms with Crippen LogP contribution in [0.5, 0.6) is 0 Å². The zero-order valence-corrected chi connectivity index (χ0v) is 14.0. The molecule has 4 rings (SSSR count). The van der Waals surface area contributed by atoms with E-state index in [1.54, 1.807) is 17.4 Å². The number of aromatic nitrogens is 3. The number of hydrogen-bond donors (Lipinski definition) is 2. The number of hydrogen-bond acceptors (Lipinski definition) is 6. The number of benzene rings is 1. The molecule has 0 bridgehead atoms. The maximum absolute atomic E-state index is 9.01. The normalized spacial score (nSPS) is 15.5. The number of nitriles is 1. The average molecular weight is 338 g/mol. The van der Waals surface area contributed by atoms with Gasteiger partial charge in [-0.3, -0.25) is 0 Å². The number of rotatable bonds is 4. The molecular weight excluding hydrogens is 320 g/mol. The Bertz CT molecular complexity index is 853. The Morgan fingerprint density at radius 3 is 3.04 bits per heavy atom. The summed E-state index contributed by atoms with van der Waals surface area (Å²) >= 11 is 1.56. The summed E-state index contributed by atoms with van der Waals surface area (Å²) < 4.78 is 1.81. The van der Waals surface area contributed by atoms with E-state index in [0.717, 1.165) is 41.0 Å². The van der Waals surface area contributed by atoms with Crippen LogP contribution in [0.3, 0.4) is 0 Å². The third-order valence-corrected chi connectivity index (χ3v) is 5.21. The number of piperidine rings is 1. The molecule has 3 aromatic rings. The van der Waals surface area contributed by atoms with Crippen molar-refractivity contribution in [2.45, 2.75) is 12.8 Å². The molecule has 0 aliphatic carbocycles. The standard InChI is InChI=1S/C17H18N6S/c18-9-13-2-1-3-14(8-13)15-11-23-17(21-15)24-16(22-23)20-10-12-4-6-19-7-5-12/h1-3,8,11-12,19H,4-7,10H2,(H,20,22). The van der Waals surface area contributed by atoms with Gasteiger partial charge in [-0.15, -0.1) is 5.10 Å². The Labute approximate surface area is 144 Å². The van der Waals surface area contributed by atoms with Gasteiger partial charge < -0.3 is 10.6 Å². The van der Waals surface area contributed by atoms with E-state index in [0.29, 0.717) is 11.5 Å². The summed E-state index contributed by atoms with van der Waals surface area (Å²) in [5.41, 5.74) is 2.42. The van der Waals surface area contributed by atoms with Gasteiger partial charge in [-0.05, 0) is 44.0 Å². The van der Waals surface area contributed by atoms with Crippen LogP contribution < -0.4 is 10.6 Å². The lowest BCUT2D eigenvalue weighted by Gasteiger charge is -2.22. The van der Waals surface area contributed by atoms with E-state index in [2.05, 4.69) is 26.8 Å². The molecule has 1 fully saturated rings. The molecule has 0 saturated carbocycles. The van der Waals surface area contributed by atoms with Crippen LogP contribution in [0.1, 0.15) is 18.4 Å². The Balaban J connectivity index is 1.49. The lowest BCUT2D eigenvalue weighted by Crippen LogP contribution is -2.31. The van der Waals surface area contributed by atoms with Crippen molar-refractivity contribution >= 4 is 21.4 Å². The van der Waals surface area contributed by atoms with Gasteiger partial charge in [-0.25, -0.2) is 9.50 Å². The Kier molecular flexibility index (Phi) is 4.15. The van der Waals surface area contributed by atoms with Crippen LogP contribution >= 0.6 is 11.3 Å². The third-order valence-electron chi connectivity index (χ3n) is 4.33. The Morgan fingerprint density at radius 2 is 2.25 bits per heavy atom. The van der Waals surface area contributed by atoms with Gasteiger partial charge in [0.05, 0.1) is 23.5 Å². The van der Waals surface area contributed by atoms with E-state index < -0.39 is 0 Å². The Morgan fingerprint density at radius 1 is 1.38 bits per heavy atom. The minimum Gasteiger partial charge on any atom is -0.360 e. The molecule has 0 unspecified atom stereocenters. The van der Waals surface area contributed by atoms with Crippen molar-refractivity contribution in [3.8, 4) is 17.3 Å². The molecule has 0 atom stereocenters. The fourth-order valence-electron chi connectivity index (χ4n) is 2.98. The van der Waals surface area contributed by atoms with E-state index in [-0.39, 0.29) is 0 Å². The Hall–Kier alpha value is -2.43. The first kappa shape index (κ1) is 15.1. The van der Waals surface area contributed by atoms with Gasteiger partial charge in [-0.2, -0.15) is 5.26 Å². The van der Waals surface area contributed by atoms with Gasteiger partial charge >= 0.3 is 0 Å². The smallest absolute Gasteiger partial charge is 0.214 e. The van der Waals surface area contributed by atoms with Gasteiger partial charge in [0.2, 0.25) is 10.1 Å². The van der Waals surface area contributed by atoms with Gasteiger partial charge in [0.1, 0.15) is 0 Å². The molecule has 2 aromatic heterocycles. The quantitative estimate of drug-likeness (QED) is 0.765. The zero-order chi connectivity index (χ0) is 16.4. The minimum absolute atomic E-state index is 0.640. The third kappa shape index (κ3) is 3.11. The summed E-state index contributed by atoms with van der Waals surface area (Å²) in [5, 5.41) is 21.3. The predicted octanol–water partition coefficient (Wildman–Crippen LogP) is 2.74. The van der Waals surface area contributed by atoms with Crippen molar-refractivity contribution in [1.29, 1.82) is 5.26 Å².